The predicted molar refractivity (Wildman–Crippen MR) is 120 cm³/mol. The van der Waals surface area contributed by atoms with Gasteiger partial charge in [0.2, 0.25) is 0 Å². The van der Waals surface area contributed by atoms with Crippen molar-refractivity contribution in [1.82, 2.24) is 0 Å². The van der Waals surface area contributed by atoms with Crippen LogP contribution in [0.4, 0.5) is 15.8 Å². The van der Waals surface area contributed by atoms with Gasteiger partial charge in [-0.05, 0) is 36.4 Å². The fraction of sp³-hybridized carbons (Fsp3) is 0.200. The largest absolute Gasteiger partial charge is 0.332 e. The molecule has 0 spiro atoms. The molecular weight excluding hydrogens is 393 g/mol. The minimum atomic E-state index is -0.294. The first-order valence-electron chi connectivity index (χ1n) is 10.3. The number of hydrogen-bond donors (Lipinski definition) is 3. The van der Waals surface area contributed by atoms with Gasteiger partial charge in [-0.2, -0.15) is 0 Å². The van der Waals surface area contributed by atoms with Gasteiger partial charge < -0.3 is 16.0 Å². The second-order valence-corrected chi connectivity index (χ2v) is 7.68. The molecule has 5 nitrogen and oxygen atoms in total. The maximum absolute atomic E-state index is 13.2. The van der Waals surface area contributed by atoms with E-state index in [0.717, 1.165) is 5.56 Å². The maximum atomic E-state index is 13.2. The third-order valence-electron chi connectivity index (χ3n) is 5.01. The lowest BCUT2D eigenvalue weighted by Crippen LogP contribution is -2.88. The Labute approximate surface area is 181 Å². The van der Waals surface area contributed by atoms with Crippen LogP contribution in [0.15, 0.2) is 78.9 Å². The van der Waals surface area contributed by atoms with Crippen LogP contribution in [-0.2, 0) is 4.79 Å². The lowest BCUT2D eigenvalue weighted by molar-refractivity contribution is -0.692. The van der Waals surface area contributed by atoms with Crippen molar-refractivity contribution in [2.24, 2.45) is 5.92 Å². The number of rotatable bonds is 8. The molecule has 2 amide bonds. The maximum Gasteiger partial charge on any atom is 0.279 e. The molecule has 4 N–H and O–H groups in total. The summed E-state index contributed by atoms with van der Waals surface area (Å²) in [5, 5.41) is 7.61. The van der Waals surface area contributed by atoms with Crippen molar-refractivity contribution in [1.29, 1.82) is 0 Å². The molecule has 0 unspecified atom stereocenters. The number of para-hydroxylation sites is 2. The molecule has 0 bridgehead atoms. The van der Waals surface area contributed by atoms with E-state index in [4.69, 9.17) is 0 Å². The Morgan fingerprint density at radius 2 is 1.52 bits per heavy atom. The van der Waals surface area contributed by atoms with Crippen LogP contribution in [0.5, 0.6) is 0 Å². The smallest absolute Gasteiger partial charge is 0.279 e. The van der Waals surface area contributed by atoms with Gasteiger partial charge in [0.1, 0.15) is 11.9 Å². The van der Waals surface area contributed by atoms with Crippen LogP contribution < -0.4 is 16.0 Å². The fourth-order valence-electron chi connectivity index (χ4n) is 3.42. The van der Waals surface area contributed by atoms with Crippen molar-refractivity contribution in [3.63, 3.8) is 0 Å². The van der Waals surface area contributed by atoms with E-state index in [1.165, 1.54) is 12.1 Å². The minimum Gasteiger partial charge on any atom is -0.332 e. The van der Waals surface area contributed by atoms with Crippen molar-refractivity contribution >= 4 is 23.2 Å². The van der Waals surface area contributed by atoms with Gasteiger partial charge in [0, 0.05) is 17.2 Å². The number of hydrogen-bond acceptors (Lipinski definition) is 2. The van der Waals surface area contributed by atoms with Crippen molar-refractivity contribution in [2.45, 2.75) is 19.9 Å². The SMILES string of the molecule is CC(C)[C@@H]([NH2+]CC(=O)Nc1ccccc1C(=O)Nc1ccccc1)c1ccc(F)cc1. The molecule has 3 aromatic carbocycles. The Morgan fingerprint density at radius 1 is 0.871 bits per heavy atom. The molecular formula is C25H27FN3O2+. The highest BCUT2D eigenvalue weighted by Crippen LogP contribution is 2.19. The summed E-state index contributed by atoms with van der Waals surface area (Å²) in [7, 11) is 0. The number of amides is 2. The highest BCUT2D eigenvalue weighted by Gasteiger charge is 2.21. The summed E-state index contributed by atoms with van der Waals surface area (Å²) in [6.45, 7) is 4.30. The van der Waals surface area contributed by atoms with Crippen LogP contribution in [0, 0.1) is 11.7 Å². The zero-order valence-corrected chi connectivity index (χ0v) is 17.6. The third-order valence-corrected chi connectivity index (χ3v) is 5.01. The van der Waals surface area contributed by atoms with Crippen LogP contribution >= 0.6 is 0 Å². The Hall–Kier alpha value is -3.51. The summed E-state index contributed by atoms with van der Waals surface area (Å²) in [6, 6.07) is 22.4. The standard InChI is InChI=1S/C25H26FN3O2/c1-17(2)24(18-12-14-19(26)15-13-18)27-16-23(30)29-22-11-7-6-10-21(22)25(31)28-20-8-4-3-5-9-20/h3-15,17,24,27H,16H2,1-2H3,(H,28,31)(H,29,30)/p+1/t24-/m1/s1. The van der Waals surface area contributed by atoms with Gasteiger partial charge >= 0.3 is 0 Å². The summed E-state index contributed by atoms with van der Waals surface area (Å²) >= 11 is 0. The van der Waals surface area contributed by atoms with Gasteiger partial charge in [-0.1, -0.05) is 56.3 Å². The van der Waals surface area contributed by atoms with Gasteiger partial charge in [-0.3, -0.25) is 9.59 Å². The van der Waals surface area contributed by atoms with E-state index < -0.39 is 0 Å². The Bertz CT molecular complexity index is 1020. The lowest BCUT2D eigenvalue weighted by atomic mass is 9.96. The number of nitrogens with two attached hydrogens (primary N) is 1. The monoisotopic (exact) mass is 420 g/mol. The molecule has 0 aromatic heterocycles. The predicted octanol–water partition coefficient (Wildman–Crippen LogP) is 3.98. The summed E-state index contributed by atoms with van der Waals surface area (Å²) in [4.78, 5) is 25.3. The molecule has 0 aliphatic carbocycles. The van der Waals surface area contributed by atoms with Gasteiger partial charge in [0.25, 0.3) is 11.8 Å². The first-order valence-corrected chi connectivity index (χ1v) is 10.3. The van der Waals surface area contributed by atoms with Crippen LogP contribution in [-0.4, -0.2) is 18.4 Å². The summed E-state index contributed by atoms with van der Waals surface area (Å²) < 4.78 is 13.2. The van der Waals surface area contributed by atoms with Crippen LogP contribution in [0.2, 0.25) is 0 Å². The first kappa shape index (κ1) is 22.2. The first-order chi connectivity index (χ1) is 14.9. The van der Waals surface area contributed by atoms with Gasteiger partial charge in [0.05, 0.1) is 11.3 Å². The molecule has 0 heterocycles. The molecule has 0 aliphatic heterocycles. The molecule has 3 aromatic rings. The number of carbonyl (C=O) groups excluding carboxylic acids is 2. The average molecular weight is 421 g/mol. The molecule has 31 heavy (non-hydrogen) atoms. The molecule has 6 heteroatoms. The van der Waals surface area contributed by atoms with E-state index >= 15 is 0 Å². The molecule has 1 atom stereocenters. The van der Waals surface area contributed by atoms with E-state index in [9.17, 15) is 14.0 Å². The number of carbonyl (C=O) groups is 2. The highest BCUT2D eigenvalue weighted by atomic mass is 19.1. The fourth-order valence-corrected chi connectivity index (χ4v) is 3.42. The van der Waals surface area contributed by atoms with Crippen LogP contribution in [0.1, 0.15) is 35.8 Å². The summed E-state index contributed by atoms with van der Waals surface area (Å²) in [5.74, 6) is -0.540. The van der Waals surface area contributed by atoms with Gasteiger partial charge in [0.15, 0.2) is 6.54 Å². The zero-order valence-electron chi connectivity index (χ0n) is 17.6. The number of nitrogens with one attached hydrogen (secondary N) is 2. The number of quaternary nitrogens is 1. The molecule has 0 saturated carbocycles. The lowest BCUT2D eigenvalue weighted by Gasteiger charge is -2.19. The number of halogens is 1. The number of benzene rings is 3. The van der Waals surface area contributed by atoms with Crippen molar-refractivity contribution in [2.75, 3.05) is 17.2 Å². The highest BCUT2D eigenvalue weighted by molar-refractivity contribution is 6.10. The van der Waals surface area contributed by atoms with Crippen molar-refractivity contribution in [3.05, 3.63) is 95.8 Å². The summed E-state index contributed by atoms with van der Waals surface area (Å²) in [5.41, 5.74) is 2.49. The Kier molecular flexibility index (Phi) is 7.51. The average Bonchev–Trinajstić information content (AvgIpc) is 2.76. The molecule has 0 saturated heterocycles. The molecule has 3 rings (SSSR count). The Balaban J connectivity index is 1.65. The van der Waals surface area contributed by atoms with E-state index in [2.05, 4.69) is 24.5 Å². The normalized spacial score (nSPS) is 11.7. The second-order valence-electron chi connectivity index (χ2n) is 7.68. The molecule has 0 fully saturated rings. The van der Waals surface area contributed by atoms with Crippen LogP contribution in [0.25, 0.3) is 0 Å². The van der Waals surface area contributed by atoms with E-state index in [0.29, 0.717) is 16.9 Å². The van der Waals surface area contributed by atoms with E-state index in [1.54, 1.807) is 48.5 Å². The minimum absolute atomic E-state index is 0.0166. The second kappa shape index (κ2) is 10.5. The third kappa shape index (κ3) is 6.23. The van der Waals surface area contributed by atoms with E-state index in [1.807, 2.05) is 23.5 Å². The number of anilines is 2. The molecule has 160 valence electrons. The zero-order chi connectivity index (χ0) is 22.2. The van der Waals surface area contributed by atoms with Gasteiger partial charge in [-0.25, -0.2) is 4.39 Å². The molecule has 0 radical (unpaired) electrons. The van der Waals surface area contributed by atoms with E-state index in [-0.39, 0.29) is 36.1 Å². The molecule has 0 aliphatic rings. The Morgan fingerprint density at radius 3 is 2.19 bits per heavy atom. The van der Waals surface area contributed by atoms with Crippen LogP contribution in [0.3, 0.4) is 0 Å². The van der Waals surface area contributed by atoms with Gasteiger partial charge in [-0.15, -0.1) is 0 Å². The summed E-state index contributed by atoms with van der Waals surface area (Å²) in [6.07, 6.45) is 0. The topological polar surface area (TPSA) is 74.8 Å². The van der Waals surface area contributed by atoms with Crippen molar-refractivity contribution < 1.29 is 19.3 Å². The van der Waals surface area contributed by atoms with Crippen molar-refractivity contribution in [3.8, 4) is 0 Å². The quantitative estimate of drug-likeness (QED) is 0.516.